The van der Waals surface area contributed by atoms with Crippen LogP contribution in [-0.4, -0.2) is 70.1 Å². The van der Waals surface area contributed by atoms with Crippen LogP contribution in [0.15, 0.2) is 0 Å². The molecule has 1 aliphatic rings. The first-order chi connectivity index (χ1) is 9.40. The standard InChI is InChI=1S/C13H24O7/c1-3-19-10(15)5-7(2)4-8-11(16)13(18)12(17)9(6-14)20-8/h7-9,11-14,16-18H,3-6H2,1-2H3/t7?,8-,9+,11-,12+,13+/m0/s1. The fourth-order valence-electron chi connectivity index (χ4n) is 2.36. The molecule has 0 saturated carbocycles. The van der Waals surface area contributed by atoms with E-state index in [-0.39, 0.29) is 18.3 Å². The summed E-state index contributed by atoms with van der Waals surface area (Å²) in [5, 5.41) is 38.3. The lowest BCUT2D eigenvalue weighted by Gasteiger charge is -2.40. The zero-order valence-corrected chi connectivity index (χ0v) is 11.8. The maximum atomic E-state index is 11.4. The number of carbonyl (C=O) groups is 1. The molecule has 0 aromatic carbocycles. The third-order valence-corrected chi connectivity index (χ3v) is 3.45. The highest BCUT2D eigenvalue weighted by molar-refractivity contribution is 5.69. The van der Waals surface area contributed by atoms with E-state index >= 15 is 0 Å². The first-order valence-electron chi connectivity index (χ1n) is 6.86. The van der Waals surface area contributed by atoms with E-state index in [0.717, 1.165) is 0 Å². The predicted octanol–water partition coefficient (Wildman–Crippen LogP) is -1.19. The third-order valence-electron chi connectivity index (χ3n) is 3.45. The molecule has 0 aliphatic carbocycles. The lowest BCUT2D eigenvalue weighted by atomic mass is 9.89. The van der Waals surface area contributed by atoms with Gasteiger partial charge in [0.1, 0.15) is 24.4 Å². The van der Waals surface area contributed by atoms with Gasteiger partial charge in [0.05, 0.1) is 19.3 Å². The van der Waals surface area contributed by atoms with Gasteiger partial charge < -0.3 is 29.9 Å². The van der Waals surface area contributed by atoms with Crippen molar-refractivity contribution in [2.45, 2.75) is 57.2 Å². The van der Waals surface area contributed by atoms with Gasteiger partial charge >= 0.3 is 5.97 Å². The lowest BCUT2D eigenvalue weighted by Crippen LogP contribution is -2.58. The summed E-state index contributed by atoms with van der Waals surface area (Å²) in [5.41, 5.74) is 0. The molecule has 1 fully saturated rings. The summed E-state index contributed by atoms with van der Waals surface area (Å²) in [6, 6.07) is 0. The first kappa shape index (κ1) is 17.3. The molecule has 1 rings (SSSR count). The van der Waals surface area contributed by atoms with E-state index < -0.39 is 37.1 Å². The molecule has 20 heavy (non-hydrogen) atoms. The summed E-state index contributed by atoms with van der Waals surface area (Å²) in [7, 11) is 0. The molecule has 0 spiro atoms. The summed E-state index contributed by atoms with van der Waals surface area (Å²) in [5.74, 6) is -0.444. The molecule has 7 heteroatoms. The van der Waals surface area contributed by atoms with Crippen molar-refractivity contribution >= 4 is 5.97 Å². The van der Waals surface area contributed by atoms with Crippen LogP contribution in [0.2, 0.25) is 0 Å². The van der Waals surface area contributed by atoms with E-state index in [4.69, 9.17) is 14.6 Å². The van der Waals surface area contributed by atoms with Gasteiger partial charge in [-0.1, -0.05) is 6.92 Å². The van der Waals surface area contributed by atoms with Crippen molar-refractivity contribution in [3.05, 3.63) is 0 Å². The summed E-state index contributed by atoms with van der Waals surface area (Å²) in [4.78, 5) is 11.4. The highest BCUT2D eigenvalue weighted by Crippen LogP contribution is 2.26. The Hall–Kier alpha value is -0.730. The summed E-state index contributed by atoms with van der Waals surface area (Å²) in [6.45, 7) is 3.39. The molecule has 1 aliphatic heterocycles. The summed E-state index contributed by atoms with van der Waals surface area (Å²) >= 11 is 0. The van der Waals surface area contributed by atoms with Gasteiger partial charge in [0.25, 0.3) is 0 Å². The van der Waals surface area contributed by atoms with Crippen LogP contribution in [0.3, 0.4) is 0 Å². The number of ether oxygens (including phenoxy) is 2. The second-order valence-electron chi connectivity index (χ2n) is 5.22. The van der Waals surface area contributed by atoms with Gasteiger partial charge in [0, 0.05) is 6.42 Å². The Bertz CT molecular complexity index is 307. The number of aliphatic hydroxyl groups is 4. The van der Waals surface area contributed by atoms with E-state index in [1.54, 1.807) is 13.8 Å². The first-order valence-corrected chi connectivity index (χ1v) is 6.86. The van der Waals surface area contributed by atoms with Gasteiger partial charge in [-0.25, -0.2) is 0 Å². The number of esters is 1. The van der Waals surface area contributed by atoms with Crippen molar-refractivity contribution in [2.24, 2.45) is 5.92 Å². The molecule has 7 nitrogen and oxygen atoms in total. The highest BCUT2D eigenvalue weighted by atomic mass is 16.5. The molecule has 118 valence electrons. The van der Waals surface area contributed by atoms with Crippen molar-refractivity contribution in [2.75, 3.05) is 13.2 Å². The van der Waals surface area contributed by atoms with Crippen LogP contribution < -0.4 is 0 Å². The Morgan fingerprint density at radius 1 is 1.20 bits per heavy atom. The van der Waals surface area contributed by atoms with Crippen LogP contribution in [0.25, 0.3) is 0 Å². The molecule has 4 N–H and O–H groups in total. The highest BCUT2D eigenvalue weighted by Gasteiger charge is 2.43. The van der Waals surface area contributed by atoms with Crippen LogP contribution >= 0.6 is 0 Å². The van der Waals surface area contributed by atoms with Gasteiger partial charge in [0.15, 0.2) is 0 Å². The van der Waals surface area contributed by atoms with E-state index in [1.165, 1.54) is 0 Å². The largest absolute Gasteiger partial charge is 0.466 e. The number of carbonyl (C=O) groups excluding carboxylic acids is 1. The summed E-state index contributed by atoms with van der Waals surface area (Å²) in [6.07, 6.45) is -5.13. The molecular formula is C13H24O7. The third kappa shape index (κ3) is 4.39. The van der Waals surface area contributed by atoms with Gasteiger partial charge in [-0.15, -0.1) is 0 Å². The summed E-state index contributed by atoms with van der Waals surface area (Å²) < 4.78 is 10.2. The normalized spacial score (nSPS) is 35.6. The maximum absolute atomic E-state index is 11.4. The fourth-order valence-corrected chi connectivity index (χ4v) is 2.36. The average Bonchev–Trinajstić information content (AvgIpc) is 2.39. The maximum Gasteiger partial charge on any atom is 0.306 e. The van der Waals surface area contributed by atoms with Crippen LogP contribution in [0, 0.1) is 5.92 Å². The van der Waals surface area contributed by atoms with E-state index in [9.17, 15) is 20.1 Å². The minimum Gasteiger partial charge on any atom is -0.466 e. The molecule has 0 radical (unpaired) electrons. The van der Waals surface area contributed by atoms with Crippen molar-refractivity contribution in [1.29, 1.82) is 0 Å². The zero-order valence-electron chi connectivity index (χ0n) is 11.8. The molecule has 0 bridgehead atoms. The molecule has 1 saturated heterocycles. The Labute approximate surface area is 118 Å². The minimum atomic E-state index is -1.37. The number of hydrogen-bond donors (Lipinski definition) is 4. The Morgan fingerprint density at radius 2 is 1.80 bits per heavy atom. The molecule has 0 aromatic rings. The second-order valence-corrected chi connectivity index (χ2v) is 5.22. The van der Waals surface area contributed by atoms with Gasteiger partial charge in [-0.3, -0.25) is 4.79 Å². The average molecular weight is 292 g/mol. The quantitative estimate of drug-likeness (QED) is 0.455. The molecule has 1 heterocycles. The second kappa shape index (κ2) is 7.90. The Kier molecular flexibility index (Phi) is 6.84. The number of rotatable bonds is 6. The van der Waals surface area contributed by atoms with Crippen LogP contribution in [0.5, 0.6) is 0 Å². The van der Waals surface area contributed by atoms with E-state index in [0.29, 0.717) is 13.0 Å². The van der Waals surface area contributed by atoms with Crippen molar-refractivity contribution in [3.8, 4) is 0 Å². The van der Waals surface area contributed by atoms with Gasteiger partial charge in [-0.2, -0.15) is 0 Å². The Balaban J connectivity index is 2.55. The zero-order chi connectivity index (χ0) is 15.3. The number of hydrogen-bond acceptors (Lipinski definition) is 7. The van der Waals surface area contributed by atoms with E-state index in [1.807, 2.05) is 0 Å². The van der Waals surface area contributed by atoms with Crippen molar-refractivity contribution in [1.82, 2.24) is 0 Å². The Morgan fingerprint density at radius 3 is 2.35 bits per heavy atom. The van der Waals surface area contributed by atoms with Crippen molar-refractivity contribution in [3.63, 3.8) is 0 Å². The molecule has 0 amide bonds. The van der Waals surface area contributed by atoms with Crippen LogP contribution in [-0.2, 0) is 14.3 Å². The van der Waals surface area contributed by atoms with Crippen LogP contribution in [0.1, 0.15) is 26.7 Å². The molecule has 6 atom stereocenters. The minimum absolute atomic E-state index is 0.115. The fraction of sp³-hybridized carbons (Fsp3) is 0.923. The van der Waals surface area contributed by atoms with Crippen LogP contribution in [0.4, 0.5) is 0 Å². The lowest BCUT2D eigenvalue weighted by molar-refractivity contribution is -0.232. The predicted molar refractivity (Wildman–Crippen MR) is 68.8 cm³/mol. The SMILES string of the molecule is CCOC(=O)CC(C)C[C@@H]1O[C@H](CO)[C@@H](O)[C@H](O)[C@H]1O. The van der Waals surface area contributed by atoms with Crippen molar-refractivity contribution < 1.29 is 34.7 Å². The molecule has 1 unspecified atom stereocenters. The number of aliphatic hydroxyl groups excluding tert-OH is 4. The van der Waals surface area contributed by atoms with Gasteiger partial charge in [0.2, 0.25) is 0 Å². The molecule has 0 aromatic heterocycles. The van der Waals surface area contributed by atoms with E-state index in [2.05, 4.69) is 0 Å². The topological polar surface area (TPSA) is 116 Å². The monoisotopic (exact) mass is 292 g/mol. The van der Waals surface area contributed by atoms with Gasteiger partial charge in [-0.05, 0) is 19.3 Å². The molecular weight excluding hydrogens is 268 g/mol. The smallest absolute Gasteiger partial charge is 0.306 e.